The highest BCUT2D eigenvalue weighted by Gasteiger charge is 2.28. The third kappa shape index (κ3) is 6.84. The summed E-state index contributed by atoms with van der Waals surface area (Å²) in [5.74, 6) is -0.350. The lowest BCUT2D eigenvalue weighted by Crippen LogP contribution is -2.36. The van der Waals surface area contributed by atoms with Gasteiger partial charge in [0, 0.05) is 43.5 Å². The van der Waals surface area contributed by atoms with E-state index in [-0.39, 0.29) is 11.8 Å². The van der Waals surface area contributed by atoms with Gasteiger partial charge in [0.05, 0.1) is 23.2 Å². The van der Waals surface area contributed by atoms with Crippen molar-refractivity contribution in [1.82, 2.24) is 10.2 Å². The average Bonchev–Trinajstić information content (AvgIpc) is 3.21. The van der Waals surface area contributed by atoms with Crippen LogP contribution in [0, 0.1) is 0 Å². The van der Waals surface area contributed by atoms with Crippen LogP contribution in [0.15, 0.2) is 72.8 Å². The number of rotatable bonds is 10. The van der Waals surface area contributed by atoms with E-state index >= 15 is 0 Å². The first-order chi connectivity index (χ1) is 18.5. The normalized spacial score (nSPS) is 14.0. The second-order valence-electron chi connectivity index (χ2n) is 9.67. The predicted octanol–water partition coefficient (Wildman–Crippen LogP) is 3.58. The minimum Gasteiger partial charge on any atom is -0.354 e. The van der Waals surface area contributed by atoms with Gasteiger partial charge in [-0.1, -0.05) is 48.5 Å². The quantitative estimate of drug-likeness (QED) is 0.335. The molecule has 9 nitrogen and oxygen atoms in total. The number of nitrogens with one attached hydrogen (secondary N) is 3. The lowest BCUT2D eigenvalue weighted by atomic mass is 9.99. The van der Waals surface area contributed by atoms with Crippen molar-refractivity contribution in [2.45, 2.75) is 13.5 Å². The molecule has 0 saturated carbocycles. The zero-order valence-electron chi connectivity index (χ0n) is 22.5. The highest BCUT2D eigenvalue weighted by Crippen LogP contribution is 2.37. The van der Waals surface area contributed by atoms with Gasteiger partial charge in [-0.2, -0.15) is 0 Å². The summed E-state index contributed by atoms with van der Waals surface area (Å²) in [5, 5.41) is 9.12. The van der Waals surface area contributed by atoms with Gasteiger partial charge in [-0.25, -0.2) is 8.42 Å². The van der Waals surface area contributed by atoms with Crippen LogP contribution >= 0.6 is 0 Å². The Morgan fingerprint density at radius 2 is 1.67 bits per heavy atom. The molecule has 0 saturated heterocycles. The summed E-state index contributed by atoms with van der Waals surface area (Å²) in [6.45, 7) is 2.72. The number of hydrogen-bond donors (Lipinski definition) is 3. The van der Waals surface area contributed by atoms with Gasteiger partial charge >= 0.3 is 0 Å². The van der Waals surface area contributed by atoms with E-state index in [1.165, 1.54) is 17.5 Å². The molecule has 39 heavy (non-hydrogen) atoms. The number of anilines is 3. The number of hydrogen-bond acceptors (Lipinski definition) is 6. The van der Waals surface area contributed by atoms with Gasteiger partial charge in [0.2, 0.25) is 15.9 Å². The van der Waals surface area contributed by atoms with Crippen LogP contribution in [0.1, 0.15) is 23.6 Å². The van der Waals surface area contributed by atoms with Crippen molar-refractivity contribution in [3.05, 3.63) is 89.5 Å². The Kier molecular flexibility index (Phi) is 8.37. The minimum atomic E-state index is -3.52. The summed E-state index contributed by atoms with van der Waals surface area (Å²) in [6, 6.07) is 22.2. The molecule has 0 aromatic heterocycles. The van der Waals surface area contributed by atoms with Gasteiger partial charge in [0.15, 0.2) is 0 Å². The maximum absolute atomic E-state index is 13.2. The first-order valence-corrected chi connectivity index (χ1v) is 14.4. The van der Waals surface area contributed by atoms with E-state index in [9.17, 15) is 18.0 Å². The fourth-order valence-corrected chi connectivity index (χ4v) is 5.23. The zero-order chi connectivity index (χ0) is 28.2. The molecule has 3 aromatic rings. The highest BCUT2D eigenvalue weighted by molar-refractivity contribution is 7.92. The number of para-hydroxylation sites is 1. The molecule has 2 amide bonds. The van der Waals surface area contributed by atoms with E-state index in [4.69, 9.17) is 0 Å². The number of benzene rings is 3. The molecule has 204 valence electrons. The van der Waals surface area contributed by atoms with E-state index in [0.717, 1.165) is 22.4 Å². The molecular formula is C29H33N5O4S. The monoisotopic (exact) mass is 547 g/mol. The molecule has 0 radical (unpaired) electrons. The standard InChI is InChI=1S/C29H33N5O4S/c1-20(35)30-19-21-12-14-22(15-13-21)28(27-25-10-5-6-11-26(25)32-29(27)36)31-23-8-7-9-24(18-23)34(39(4,37)38)17-16-33(2)3/h5-15,18,31H,16-17,19H2,1-4H3,(H,30,35)(H,32,36). The summed E-state index contributed by atoms with van der Waals surface area (Å²) in [5.41, 5.74) is 5.40. The molecule has 3 aromatic carbocycles. The topological polar surface area (TPSA) is 111 Å². The van der Waals surface area contributed by atoms with Crippen LogP contribution in [-0.2, 0) is 26.2 Å². The molecule has 1 aliphatic heterocycles. The minimum absolute atomic E-state index is 0.114. The summed E-state index contributed by atoms with van der Waals surface area (Å²) in [4.78, 5) is 26.4. The molecule has 3 N–H and O–H groups in total. The molecule has 1 heterocycles. The van der Waals surface area contributed by atoms with E-state index in [0.29, 0.717) is 42.3 Å². The van der Waals surface area contributed by atoms with Crippen LogP contribution in [-0.4, -0.2) is 58.6 Å². The third-order valence-corrected chi connectivity index (χ3v) is 7.45. The van der Waals surface area contributed by atoms with Crippen LogP contribution in [0.25, 0.3) is 11.3 Å². The van der Waals surface area contributed by atoms with E-state index in [2.05, 4.69) is 16.0 Å². The fraction of sp³-hybridized carbons (Fsp3) is 0.241. The largest absolute Gasteiger partial charge is 0.354 e. The molecule has 0 bridgehead atoms. The Morgan fingerprint density at radius 1 is 0.949 bits per heavy atom. The van der Waals surface area contributed by atoms with Crippen LogP contribution in [0.3, 0.4) is 0 Å². The molecular weight excluding hydrogens is 514 g/mol. The van der Waals surface area contributed by atoms with E-state index in [1.807, 2.05) is 73.6 Å². The van der Waals surface area contributed by atoms with Crippen molar-refractivity contribution in [2.24, 2.45) is 0 Å². The van der Waals surface area contributed by atoms with Crippen molar-refractivity contribution < 1.29 is 18.0 Å². The lowest BCUT2D eigenvalue weighted by molar-refractivity contribution is -0.119. The van der Waals surface area contributed by atoms with Crippen LogP contribution in [0.4, 0.5) is 17.1 Å². The number of amides is 2. The zero-order valence-corrected chi connectivity index (χ0v) is 23.3. The maximum atomic E-state index is 13.2. The Hall–Kier alpha value is -4.15. The van der Waals surface area contributed by atoms with E-state index < -0.39 is 10.0 Å². The van der Waals surface area contributed by atoms with Crippen molar-refractivity contribution >= 4 is 50.2 Å². The third-order valence-electron chi connectivity index (χ3n) is 6.26. The number of fused-ring (bicyclic) bond motifs is 1. The Labute approximate surface area is 229 Å². The number of likely N-dealkylation sites (N-methyl/N-ethyl adjacent to an activating group) is 1. The summed E-state index contributed by atoms with van der Waals surface area (Å²) >= 11 is 0. The van der Waals surface area contributed by atoms with Gasteiger partial charge in [0.1, 0.15) is 0 Å². The highest BCUT2D eigenvalue weighted by atomic mass is 32.2. The first kappa shape index (κ1) is 27.9. The van der Waals surface area contributed by atoms with Gasteiger partial charge in [-0.3, -0.25) is 13.9 Å². The van der Waals surface area contributed by atoms with Gasteiger partial charge in [-0.05, 0) is 49.5 Å². The number of nitrogens with zero attached hydrogens (tertiary/aromatic N) is 2. The Morgan fingerprint density at radius 3 is 2.33 bits per heavy atom. The van der Waals surface area contributed by atoms with Crippen molar-refractivity contribution in [1.29, 1.82) is 0 Å². The number of carbonyl (C=O) groups is 2. The van der Waals surface area contributed by atoms with Gasteiger partial charge < -0.3 is 20.9 Å². The van der Waals surface area contributed by atoms with Crippen LogP contribution < -0.4 is 20.3 Å². The number of carbonyl (C=O) groups excluding carboxylic acids is 2. The van der Waals surface area contributed by atoms with Crippen molar-refractivity contribution in [3.8, 4) is 0 Å². The lowest BCUT2D eigenvalue weighted by Gasteiger charge is -2.25. The molecule has 0 spiro atoms. The Balaban J connectivity index is 1.76. The predicted molar refractivity (Wildman–Crippen MR) is 157 cm³/mol. The molecule has 0 fully saturated rings. The molecule has 4 rings (SSSR count). The summed E-state index contributed by atoms with van der Waals surface area (Å²) in [6.07, 6.45) is 1.19. The summed E-state index contributed by atoms with van der Waals surface area (Å²) in [7, 11) is 0.264. The average molecular weight is 548 g/mol. The molecule has 0 unspecified atom stereocenters. The van der Waals surface area contributed by atoms with Crippen molar-refractivity contribution in [3.63, 3.8) is 0 Å². The van der Waals surface area contributed by atoms with Crippen molar-refractivity contribution in [2.75, 3.05) is 48.4 Å². The molecule has 0 aliphatic carbocycles. The van der Waals surface area contributed by atoms with Crippen LogP contribution in [0.5, 0.6) is 0 Å². The van der Waals surface area contributed by atoms with Gasteiger partial charge in [-0.15, -0.1) is 0 Å². The fourth-order valence-electron chi connectivity index (χ4n) is 4.32. The van der Waals surface area contributed by atoms with E-state index in [1.54, 1.807) is 18.2 Å². The van der Waals surface area contributed by atoms with Crippen LogP contribution in [0.2, 0.25) is 0 Å². The first-order valence-electron chi connectivity index (χ1n) is 12.5. The maximum Gasteiger partial charge on any atom is 0.258 e. The molecule has 1 aliphatic rings. The van der Waals surface area contributed by atoms with Gasteiger partial charge in [0.25, 0.3) is 5.91 Å². The molecule has 10 heteroatoms. The number of sulfonamides is 1. The summed E-state index contributed by atoms with van der Waals surface area (Å²) < 4.78 is 26.6. The molecule has 0 atom stereocenters. The SMILES string of the molecule is CC(=O)NCc1ccc(C(Nc2cccc(N(CCN(C)C)S(C)(=O)=O)c2)=C2C(=O)Nc3ccccc32)cc1. The second-order valence-corrected chi connectivity index (χ2v) is 11.6. The smallest absolute Gasteiger partial charge is 0.258 e. The Bertz CT molecular complexity index is 1510. The second kappa shape index (κ2) is 11.7.